The summed E-state index contributed by atoms with van der Waals surface area (Å²) in [5.74, 6) is 0.819. The molecule has 5 heteroatoms. The van der Waals surface area contributed by atoms with Crippen LogP contribution >= 0.6 is 0 Å². The fourth-order valence-electron chi connectivity index (χ4n) is 4.47. The zero-order valence-electron chi connectivity index (χ0n) is 16.2. The number of carbonyl (C=O) groups excluding carboxylic acids is 2. The lowest BCUT2D eigenvalue weighted by Crippen LogP contribution is -2.40. The molecule has 144 valence electrons. The molecule has 3 aliphatic rings. The van der Waals surface area contributed by atoms with Gasteiger partial charge in [0.05, 0.1) is 17.6 Å². The number of ketones is 1. The topological polar surface area (TPSA) is 62.6 Å². The maximum Gasteiger partial charge on any atom is 0.231 e. The number of para-hydroxylation sites is 2. The SMILES string of the molecule is CC1(C)CC(=O)C2=C(C1)Nc1ccccc1N(C(=O)C1CC1)[C@H]2c1ccco1. The molecule has 1 fully saturated rings. The second kappa shape index (κ2) is 6.09. The van der Waals surface area contributed by atoms with Crippen LogP contribution in [0.3, 0.4) is 0 Å². The molecular formula is C23H24N2O3. The first-order chi connectivity index (χ1) is 13.4. The summed E-state index contributed by atoms with van der Waals surface area (Å²) in [7, 11) is 0. The van der Waals surface area contributed by atoms with Crippen LogP contribution in [-0.2, 0) is 9.59 Å². The highest BCUT2D eigenvalue weighted by Gasteiger charge is 2.46. The minimum absolute atomic E-state index is 0.0304. The fourth-order valence-corrected chi connectivity index (χ4v) is 4.47. The van der Waals surface area contributed by atoms with E-state index in [-0.39, 0.29) is 23.0 Å². The molecule has 1 aromatic carbocycles. The van der Waals surface area contributed by atoms with E-state index in [4.69, 9.17) is 4.42 Å². The van der Waals surface area contributed by atoms with E-state index in [1.807, 2.05) is 36.4 Å². The molecule has 2 heterocycles. The third-order valence-corrected chi connectivity index (χ3v) is 5.88. The first kappa shape index (κ1) is 17.3. The van der Waals surface area contributed by atoms with Gasteiger partial charge in [0.2, 0.25) is 5.91 Å². The van der Waals surface area contributed by atoms with Crippen molar-refractivity contribution in [3.05, 3.63) is 59.7 Å². The summed E-state index contributed by atoms with van der Waals surface area (Å²) in [6.45, 7) is 4.23. The van der Waals surface area contributed by atoms with Gasteiger partial charge in [-0.1, -0.05) is 26.0 Å². The molecule has 0 bridgehead atoms. The number of rotatable bonds is 2. The Morgan fingerprint density at radius 1 is 1.14 bits per heavy atom. The number of amides is 1. The standard InChI is InChI=1S/C23H24N2O3/c1-23(2)12-16-20(18(26)13-23)21(19-8-5-11-28-19)25(22(27)14-9-10-14)17-7-4-3-6-15(17)24-16/h3-8,11,14,21,24H,9-10,12-13H2,1-2H3/t21-/m0/s1. The van der Waals surface area contributed by atoms with Crippen molar-refractivity contribution in [3.63, 3.8) is 0 Å². The van der Waals surface area contributed by atoms with Crippen molar-refractivity contribution >= 4 is 23.1 Å². The summed E-state index contributed by atoms with van der Waals surface area (Å²) in [6.07, 6.45) is 4.64. The van der Waals surface area contributed by atoms with E-state index in [2.05, 4.69) is 19.2 Å². The van der Waals surface area contributed by atoms with E-state index >= 15 is 0 Å². The highest BCUT2D eigenvalue weighted by molar-refractivity contribution is 6.07. The summed E-state index contributed by atoms with van der Waals surface area (Å²) in [6, 6.07) is 11.0. The Balaban J connectivity index is 1.76. The minimum atomic E-state index is -0.530. The molecule has 1 atom stereocenters. The summed E-state index contributed by atoms with van der Waals surface area (Å²) < 4.78 is 5.77. The van der Waals surface area contributed by atoms with E-state index in [0.29, 0.717) is 17.8 Å². The van der Waals surface area contributed by atoms with Crippen LogP contribution < -0.4 is 10.2 Å². The number of anilines is 2. The molecule has 1 aliphatic heterocycles. The second-order valence-electron chi connectivity index (χ2n) is 8.88. The number of allylic oxidation sites excluding steroid dienone is 1. The van der Waals surface area contributed by atoms with E-state index in [1.54, 1.807) is 11.2 Å². The molecule has 0 unspecified atom stereocenters. The van der Waals surface area contributed by atoms with Crippen LogP contribution in [0.1, 0.15) is 51.3 Å². The molecule has 1 aromatic heterocycles. The highest BCUT2D eigenvalue weighted by Crippen LogP contribution is 2.49. The monoisotopic (exact) mass is 376 g/mol. The molecule has 28 heavy (non-hydrogen) atoms. The van der Waals surface area contributed by atoms with Crippen LogP contribution in [0.25, 0.3) is 0 Å². The van der Waals surface area contributed by atoms with E-state index in [9.17, 15) is 9.59 Å². The van der Waals surface area contributed by atoms with Gasteiger partial charge in [-0.25, -0.2) is 0 Å². The summed E-state index contributed by atoms with van der Waals surface area (Å²) in [5, 5.41) is 3.51. The molecule has 5 rings (SSSR count). The van der Waals surface area contributed by atoms with Gasteiger partial charge < -0.3 is 9.73 Å². The van der Waals surface area contributed by atoms with Crippen molar-refractivity contribution in [2.24, 2.45) is 11.3 Å². The fraction of sp³-hybridized carbons (Fsp3) is 0.391. The normalized spacial score (nSPS) is 23.6. The van der Waals surface area contributed by atoms with Crippen LogP contribution in [0.4, 0.5) is 11.4 Å². The maximum absolute atomic E-state index is 13.4. The van der Waals surface area contributed by atoms with Gasteiger partial charge in [0, 0.05) is 23.6 Å². The van der Waals surface area contributed by atoms with Crippen molar-refractivity contribution in [2.75, 3.05) is 10.2 Å². The molecule has 1 amide bonds. The largest absolute Gasteiger partial charge is 0.467 e. The Bertz CT molecular complexity index is 983. The van der Waals surface area contributed by atoms with Crippen LogP contribution in [-0.4, -0.2) is 11.7 Å². The molecule has 2 aromatic rings. The number of hydrogen-bond donors (Lipinski definition) is 1. The average Bonchev–Trinajstić information content (AvgIpc) is 3.37. The van der Waals surface area contributed by atoms with E-state index in [1.165, 1.54) is 0 Å². The zero-order chi connectivity index (χ0) is 19.5. The van der Waals surface area contributed by atoms with Gasteiger partial charge in [-0.15, -0.1) is 0 Å². The molecule has 0 radical (unpaired) electrons. The molecule has 0 spiro atoms. The predicted molar refractivity (Wildman–Crippen MR) is 107 cm³/mol. The van der Waals surface area contributed by atoms with Crippen LogP contribution in [0, 0.1) is 11.3 Å². The van der Waals surface area contributed by atoms with Crippen LogP contribution in [0.5, 0.6) is 0 Å². The van der Waals surface area contributed by atoms with Crippen molar-refractivity contribution in [1.29, 1.82) is 0 Å². The van der Waals surface area contributed by atoms with Gasteiger partial charge in [0.25, 0.3) is 0 Å². The molecule has 1 N–H and O–H groups in total. The molecule has 0 saturated heterocycles. The number of carbonyl (C=O) groups is 2. The Labute approximate surface area is 164 Å². The third kappa shape index (κ3) is 2.77. The molecule has 5 nitrogen and oxygen atoms in total. The predicted octanol–water partition coefficient (Wildman–Crippen LogP) is 4.83. The van der Waals surface area contributed by atoms with E-state index < -0.39 is 6.04 Å². The Kier molecular flexibility index (Phi) is 3.76. The molecular weight excluding hydrogens is 352 g/mol. The summed E-state index contributed by atoms with van der Waals surface area (Å²) in [5.41, 5.74) is 3.12. The van der Waals surface area contributed by atoms with Gasteiger partial charge in [-0.2, -0.15) is 0 Å². The van der Waals surface area contributed by atoms with E-state index in [0.717, 1.165) is 36.3 Å². The number of benzene rings is 1. The Morgan fingerprint density at radius 3 is 2.64 bits per heavy atom. The maximum atomic E-state index is 13.4. The number of Topliss-reactive ketones (excluding diaryl/α,β-unsaturated/α-hetero) is 1. The summed E-state index contributed by atoms with van der Waals surface area (Å²) >= 11 is 0. The summed E-state index contributed by atoms with van der Waals surface area (Å²) in [4.78, 5) is 28.5. The van der Waals surface area contributed by atoms with Crippen molar-refractivity contribution in [3.8, 4) is 0 Å². The van der Waals surface area contributed by atoms with Gasteiger partial charge >= 0.3 is 0 Å². The first-order valence-corrected chi connectivity index (χ1v) is 9.93. The smallest absolute Gasteiger partial charge is 0.231 e. The number of nitrogens with zero attached hydrogens (tertiary/aromatic N) is 1. The highest BCUT2D eigenvalue weighted by atomic mass is 16.3. The van der Waals surface area contributed by atoms with Crippen LogP contribution in [0.2, 0.25) is 0 Å². The average molecular weight is 376 g/mol. The number of fused-ring (bicyclic) bond motifs is 1. The van der Waals surface area contributed by atoms with Gasteiger partial charge in [-0.3, -0.25) is 14.5 Å². The molecule has 2 aliphatic carbocycles. The Morgan fingerprint density at radius 2 is 1.93 bits per heavy atom. The third-order valence-electron chi connectivity index (χ3n) is 5.88. The minimum Gasteiger partial charge on any atom is -0.467 e. The quantitative estimate of drug-likeness (QED) is 0.815. The number of nitrogens with one attached hydrogen (secondary N) is 1. The van der Waals surface area contributed by atoms with Crippen molar-refractivity contribution in [2.45, 2.75) is 45.6 Å². The molecule has 1 saturated carbocycles. The van der Waals surface area contributed by atoms with Crippen LogP contribution in [0.15, 0.2) is 58.3 Å². The zero-order valence-corrected chi connectivity index (χ0v) is 16.2. The van der Waals surface area contributed by atoms with Gasteiger partial charge in [0.15, 0.2) is 5.78 Å². The first-order valence-electron chi connectivity index (χ1n) is 9.93. The van der Waals surface area contributed by atoms with Crippen molar-refractivity contribution < 1.29 is 14.0 Å². The second-order valence-corrected chi connectivity index (χ2v) is 8.88. The number of hydrogen-bond acceptors (Lipinski definition) is 4. The van der Waals surface area contributed by atoms with Gasteiger partial charge in [-0.05, 0) is 48.9 Å². The lowest BCUT2D eigenvalue weighted by molar-refractivity contribution is -0.120. The van der Waals surface area contributed by atoms with Gasteiger partial charge in [0.1, 0.15) is 11.8 Å². The lowest BCUT2D eigenvalue weighted by atomic mass is 9.74. The Hall–Kier alpha value is -2.82. The lowest BCUT2D eigenvalue weighted by Gasteiger charge is -2.36. The number of furan rings is 1. The van der Waals surface area contributed by atoms with Crippen molar-refractivity contribution in [1.82, 2.24) is 0 Å².